The Morgan fingerprint density at radius 2 is 2.05 bits per heavy atom. The molecule has 4 nitrogen and oxygen atoms in total. The lowest BCUT2D eigenvalue weighted by Crippen LogP contribution is -2.25. The quantitative estimate of drug-likeness (QED) is 0.928. The van der Waals surface area contributed by atoms with Crippen molar-refractivity contribution in [2.75, 3.05) is 16.8 Å². The molecule has 1 unspecified atom stereocenters. The molecule has 2 aromatic rings. The van der Waals surface area contributed by atoms with Crippen LogP contribution in [0.15, 0.2) is 30.3 Å². The Kier molecular flexibility index (Phi) is 4.01. The molecule has 0 saturated carbocycles. The van der Waals surface area contributed by atoms with E-state index in [9.17, 15) is 0 Å². The Bertz CT molecular complexity index is 666. The molecule has 22 heavy (non-hydrogen) atoms. The molecule has 0 fully saturated rings. The standard InChI is InChI=1S/C18H24N4/c1-12(2)11-19-18-20-13(3)9-17(21-18)22-14(4)10-15-7-5-6-8-16(15)22/h5-9,12,14H,10-11H2,1-4H3,(H,19,20,21). The van der Waals surface area contributed by atoms with E-state index in [1.165, 1.54) is 11.3 Å². The van der Waals surface area contributed by atoms with E-state index in [0.717, 1.165) is 30.4 Å². The molecular formula is C18H24N4. The number of rotatable bonds is 4. The largest absolute Gasteiger partial charge is 0.354 e. The van der Waals surface area contributed by atoms with Gasteiger partial charge in [-0.1, -0.05) is 32.0 Å². The smallest absolute Gasteiger partial charge is 0.224 e. The molecule has 0 amide bonds. The van der Waals surface area contributed by atoms with Crippen molar-refractivity contribution in [2.45, 2.75) is 40.2 Å². The van der Waals surface area contributed by atoms with Gasteiger partial charge in [0.05, 0.1) is 0 Å². The average molecular weight is 296 g/mol. The second kappa shape index (κ2) is 5.95. The molecule has 116 valence electrons. The number of aromatic nitrogens is 2. The van der Waals surface area contributed by atoms with Gasteiger partial charge in [-0.25, -0.2) is 4.98 Å². The Balaban J connectivity index is 1.94. The third kappa shape index (κ3) is 2.91. The summed E-state index contributed by atoms with van der Waals surface area (Å²) in [6, 6.07) is 11.1. The highest BCUT2D eigenvalue weighted by molar-refractivity contribution is 5.69. The molecule has 1 aliphatic heterocycles. The maximum Gasteiger partial charge on any atom is 0.224 e. The van der Waals surface area contributed by atoms with E-state index in [2.05, 4.69) is 66.3 Å². The minimum atomic E-state index is 0.421. The number of para-hydroxylation sites is 1. The summed E-state index contributed by atoms with van der Waals surface area (Å²) in [4.78, 5) is 11.6. The average Bonchev–Trinajstić information content (AvgIpc) is 2.80. The molecule has 4 heteroatoms. The molecule has 0 aliphatic carbocycles. The van der Waals surface area contributed by atoms with Crippen LogP contribution in [0.4, 0.5) is 17.5 Å². The number of nitrogens with zero attached hydrogens (tertiary/aromatic N) is 3. The van der Waals surface area contributed by atoms with Crippen LogP contribution in [0.2, 0.25) is 0 Å². The molecule has 3 rings (SSSR count). The van der Waals surface area contributed by atoms with Crippen LogP contribution < -0.4 is 10.2 Å². The zero-order valence-corrected chi connectivity index (χ0v) is 13.8. The minimum Gasteiger partial charge on any atom is -0.354 e. The van der Waals surface area contributed by atoms with Gasteiger partial charge in [-0.3, -0.25) is 0 Å². The van der Waals surface area contributed by atoms with Crippen molar-refractivity contribution in [3.63, 3.8) is 0 Å². The molecule has 0 spiro atoms. The fraction of sp³-hybridized carbons (Fsp3) is 0.444. The van der Waals surface area contributed by atoms with Crippen LogP contribution in [0, 0.1) is 12.8 Å². The summed E-state index contributed by atoms with van der Waals surface area (Å²) >= 11 is 0. The van der Waals surface area contributed by atoms with Crippen LogP contribution in [-0.2, 0) is 6.42 Å². The number of hydrogen-bond donors (Lipinski definition) is 1. The molecule has 1 N–H and O–H groups in total. The van der Waals surface area contributed by atoms with Gasteiger partial charge in [0.2, 0.25) is 5.95 Å². The Morgan fingerprint density at radius 1 is 1.27 bits per heavy atom. The van der Waals surface area contributed by atoms with E-state index in [0.29, 0.717) is 12.0 Å². The van der Waals surface area contributed by atoms with Crippen LogP contribution in [0.25, 0.3) is 0 Å². The lowest BCUT2D eigenvalue weighted by Gasteiger charge is -2.24. The highest BCUT2D eigenvalue weighted by Crippen LogP contribution is 2.37. The van der Waals surface area contributed by atoms with E-state index >= 15 is 0 Å². The summed E-state index contributed by atoms with van der Waals surface area (Å²) in [5.41, 5.74) is 3.65. The van der Waals surface area contributed by atoms with Crippen molar-refractivity contribution in [2.24, 2.45) is 5.92 Å². The first-order valence-electron chi connectivity index (χ1n) is 8.01. The Labute approximate surface area is 132 Å². The summed E-state index contributed by atoms with van der Waals surface area (Å²) in [5.74, 6) is 2.27. The van der Waals surface area contributed by atoms with Crippen molar-refractivity contribution < 1.29 is 0 Å². The van der Waals surface area contributed by atoms with E-state index in [4.69, 9.17) is 4.98 Å². The highest BCUT2D eigenvalue weighted by Gasteiger charge is 2.28. The predicted octanol–water partition coefficient (Wildman–Crippen LogP) is 3.94. The van der Waals surface area contributed by atoms with Crippen LogP contribution in [0.3, 0.4) is 0 Å². The second-order valence-corrected chi connectivity index (χ2v) is 6.52. The Hall–Kier alpha value is -2.10. The van der Waals surface area contributed by atoms with Crippen LogP contribution >= 0.6 is 0 Å². The summed E-state index contributed by atoms with van der Waals surface area (Å²) in [5, 5.41) is 3.34. The fourth-order valence-corrected chi connectivity index (χ4v) is 2.96. The van der Waals surface area contributed by atoms with Gasteiger partial charge in [0.25, 0.3) is 0 Å². The summed E-state index contributed by atoms with van der Waals surface area (Å²) in [6.45, 7) is 9.52. The van der Waals surface area contributed by atoms with Crippen LogP contribution in [-0.4, -0.2) is 22.6 Å². The highest BCUT2D eigenvalue weighted by atomic mass is 15.3. The SMILES string of the molecule is Cc1cc(N2c3ccccc3CC2C)nc(NCC(C)C)n1. The van der Waals surface area contributed by atoms with Gasteiger partial charge < -0.3 is 10.2 Å². The van der Waals surface area contributed by atoms with Crippen LogP contribution in [0.5, 0.6) is 0 Å². The predicted molar refractivity (Wildman–Crippen MR) is 91.8 cm³/mol. The minimum absolute atomic E-state index is 0.421. The number of anilines is 3. The normalized spacial score (nSPS) is 17.0. The lowest BCUT2D eigenvalue weighted by molar-refractivity contribution is 0.683. The van der Waals surface area contributed by atoms with Gasteiger partial charge in [-0.05, 0) is 37.8 Å². The van der Waals surface area contributed by atoms with Gasteiger partial charge in [0, 0.05) is 30.0 Å². The van der Waals surface area contributed by atoms with Crippen molar-refractivity contribution >= 4 is 17.5 Å². The topological polar surface area (TPSA) is 41.1 Å². The van der Waals surface area contributed by atoms with E-state index < -0.39 is 0 Å². The van der Waals surface area contributed by atoms with Crippen molar-refractivity contribution in [1.29, 1.82) is 0 Å². The number of hydrogen-bond acceptors (Lipinski definition) is 4. The molecule has 1 atom stereocenters. The molecule has 1 aliphatic rings. The van der Waals surface area contributed by atoms with Crippen molar-refractivity contribution in [3.8, 4) is 0 Å². The first-order valence-corrected chi connectivity index (χ1v) is 8.01. The number of benzene rings is 1. The van der Waals surface area contributed by atoms with Gasteiger partial charge >= 0.3 is 0 Å². The summed E-state index contributed by atoms with van der Waals surface area (Å²) in [7, 11) is 0. The molecular weight excluding hydrogens is 272 g/mol. The number of aryl methyl sites for hydroxylation is 1. The molecule has 0 saturated heterocycles. The molecule has 0 bridgehead atoms. The van der Waals surface area contributed by atoms with Gasteiger partial charge in [-0.2, -0.15) is 4.98 Å². The van der Waals surface area contributed by atoms with E-state index in [1.54, 1.807) is 0 Å². The number of fused-ring (bicyclic) bond motifs is 1. The van der Waals surface area contributed by atoms with Gasteiger partial charge in [-0.15, -0.1) is 0 Å². The lowest BCUT2D eigenvalue weighted by atomic mass is 10.1. The third-order valence-electron chi connectivity index (χ3n) is 3.96. The van der Waals surface area contributed by atoms with Crippen molar-refractivity contribution in [3.05, 3.63) is 41.6 Å². The number of nitrogens with one attached hydrogen (secondary N) is 1. The summed E-state index contributed by atoms with van der Waals surface area (Å²) < 4.78 is 0. The Morgan fingerprint density at radius 3 is 2.82 bits per heavy atom. The molecule has 2 heterocycles. The van der Waals surface area contributed by atoms with E-state index in [1.807, 2.05) is 6.92 Å². The van der Waals surface area contributed by atoms with Crippen LogP contribution in [0.1, 0.15) is 32.0 Å². The van der Waals surface area contributed by atoms with Gasteiger partial charge in [0.1, 0.15) is 5.82 Å². The summed E-state index contributed by atoms with van der Waals surface area (Å²) in [6.07, 6.45) is 1.06. The third-order valence-corrected chi connectivity index (χ3v) is 3.96. The first-order chi connectivity index (χ1) is 10.5. The fourth-order valence-electron chi connectivity index (χ4n) is 2.96. The van der Waals surface area contributed by atoms with Gasteiger partial charge in [0.15, 0.2) is 0 Å². The molecule has 1 aromatic carbocycles. The second-order valence-electron chi connectivity index (χ2n) is 6.52. The zero-order chi connectivity index (χ0) is 15.7. The monoisotopic (exact) mass is 296 g/mol. The first kappa shape index (κ1) is 14.8. The molecule has 0 radical (unpaired) electrons. The van der Waals surface area contributed by atoms with E-state index in [-0.39, 0.29) is 0 Å². The molecule has 1 aromatic heterocycles. The zero-order valence-electron chi connectivity index (χ0n) is 13.8. The maximum absolute atomic E-state index is 4.74. The van der Waals surface area contributed by atoms with Crippen molar-refractivity contribution in [1.82, 2.24) is 9.97 Å². The maximum atomic E-state index is 4.74.